The number of ether oxygens (including phenoxy) is 1. The van der Waals surface area contributed by atoms with Crippen molar-refractivity contribution in [3.63, 3.8) is 0 Å². The molecule has 0 aromatic rings. The second-order valence-corrected chi connectivity index (χ2v) is 4.81. The van der Waals surface area contributed by atoms with E-state index in [0.717, 1.165) is 38.4 Å². The molecule has 1 aliphatic rings. The molecule has 100 valence electrons. The number of piperidine rings is 1. The van der Waals surface area contributed by atoms with Crippen molar-refractivity contribution in [2.45, 2.75) is 45.6 Å². The standard InChI is InChI=1S/C13H26N2O2/c1-3-7-15-13(16)11(2)17-9-6-12-5-4-8-14-10-12/h11-12,14H,3-10H2,1-2H3,(H,15,16). The maximum absolute atomic E-state index is 11.5. The fourth-order valence-electron chi connectivity index (χ4n) is 2.05. The first-order valence-corrected chi connectivity index (χ1v) is 6.84. The first kappa shape index (κ1) is 14.5. The van der Waals surface area contributed by atoms with Gasteiger partial charge >= 0.3 is 0 Å². The highest BCUT2D eigenvalue weighted by atomic mass is 16.5. The number of carbonyl (C=O) groups is 1. The smallest absolute Gasteiger partial charge is 0.248 e. The van der Waals surface area contributed by atoms with Crippen molar-refractivity contribution < 1.29 is 9.53 Å². The van der Waals surface area contributed by atoms with Gasteiger partial charge in [0.05, 0.1) is 0 Å². The van der Waals surface area contributed by atoms with Gasteiger partial charge in [-0.3, -0.25) is 4.79 Å². The number of rotatable bonds is 7. The van der Waals surface area contributed by atoms with Crippen molar-refractivity contribution in [1.82, 2.24) is 10.6 Å². The van der Waals surface area contributed by atoms with Crippen molar-refractivity contribution in [3.05, 3.63) is 0 Å². The third-order valence-corrected chi connectivity index (χ3v) is 3.21. The van der Waals surface area contributed by atoms with Crippen molar-refractivity contribution in [2.75, 3.05) is 26.2 Å². The molecule has 0 bridgehead atoms. The van der Waals surface area contributed by atoms with Crippen molar-refractivity contribution >= 4 is 5.91 Å². The second-order valence-electron chi connectivity index (χ2n) is 4.81. The van der Waals surface area contributed by atoms with Gasteiger partial charge in [0.2, 0.25) is 5.91 Å². The van der Waals surface area contributed by atoms with Gasteiger partial charge in [0.25, 0.3) is 0 Å². The Bertz CT molecular complexity index is 215. The number of carbonyl (C=O) groups excluding carboxylic acids is 1. The molecule has 0 radical (unpaired) electrons. The van der Waals surface area contributed by atoms with Crippen molar-refractivity contribution in [3.8, 4) is 0 Å². The maximum Gasteiger partial charge on any atom is 0.248 e. The molecule has 0 saturated carbocycles. The van der Waals surface area contributed by atoms with Gasteiger partial charge < -0.3 is 15.4 Å². The minimum absolute atomic E-state index is 0.00798. The molecule has 1 rings (SSSR count). The van der Waals surface area contributed by atoms with Crippen LogP contribution < -0.4 is 10.6 Å². The Kier molecular flexibility index (Phi) is 7.21. The predicted molar refractivity (Wildman–Crippen MR) is 68.9 cm³/mol. The molecule has 4 heteroatoms. The van der Waals surface area contributed by atoms with Gasteiger partial charge in [-0.15, -0.1) is 0 Å². The summed E-state index contributed by atoms with van der Waals surface area (Å²) in [6.45, 7) is 7.53. The Hall–Kier alpha value is -0.610. The van der Waals surface area contributed by atoms with Crippen LogP contribution in [0.2, 0.25) is 0 Å². The van der Waals surface area contributed by atoms with Crippen LogP contribution in [0.25, 0.3) is 0 Å². The zero-order valence-electron chi connectivity index (χ0n) is 11.1. The third kappa shape index (κ3) is 6.03. The molecule has 2 N–H and O–H groups in total. The molecule has 1 aliphatic heterocycles. The largest absolute Gasteiger partial charge is 0.369 e. The van der Waals surface area contributed by atoms with Crippen LogP contribution in [0.1, 0.15) is 39.5 Å². The molecular formula is C13H26N2O2. The summed E-state index contributed by atoms with van der Waals surface area (Å²) in [4.78, 5) is 11.5. The van der Waals surface area contributed by atoms with E-state index < -0.39 is 0 Å². The third-order valence-electron chi connectivity index (χ3n) is 3.21. The van der Waals surface area contributed by atoms with Crippen LogP contribution in [0.3, 0.4) is 0 Å². The number of hydrogen-bond acceptors (Lipinski definition) is 3. The molecule has 0 aromatic carbocycles. The van der Waals surface area contributed by atoms with Gasteiger partial charge in [0, 0.05) is 13.2 Å². The van der Waals surface area contributed by atoms with Gasteiger partial charge in [0.1, 0.15) is 6.10 Å². The summed E-state index contributed by atoms with van der Waals surface area (Å²) in [5, 5.41) is 6.23. The molecular weight excluding hydrogens is 216 g/mol. The number of amides is 1. The highest BCUT2D eigenvalue weighted by Crippen LogP contribution is 2.14. The summed E-state index contributed by atoms with van der Waals surface area (Å²) in [5.41, 5.74) is 0. The molecule has 0 aromatic heterocycles. The van der Waals surface area contributed by atoms with Crippen molar-refractivity contribution in [2.24, 2.45) is 5.92 Å². The summed E-state index contributed by atoms with van der Waals surface area (Å²) in [7, 11) is 0. The zero-order chi connectivity index (χ0) is 12.5. The van der Waals surface area contributed by atoms with E-state index in [2.05, 4.69) is 10.6 Å². The van der Waals surface area contributed by atoms with E-state index in [1.165, 1.54) is 12.8 Å². The van der Waals surface area contributed by atoms with Gasteiger partial charge in [-0.25, -0.2) is 0 Å². The summed E-state index contributed by atoms with van der Waals surface area (Å²) in [6.07, 6.45) is 4.24. The lowest BCUT2D eigenvalue weighted by atomic mass is 9.97. The van der Waals surface area contributed by atoms with Gasteiger partial charge in [-0.2, -0.15) is 0 Å². The van der Waals surface area contributed by atoms with Gasteiger partial charge in [0.15, 0.2) is 0 Å². The fraction of sp³-hybridized carbons (Fsp3) is 0.923. The fourth-order valence-corrected chi connectivity index (χ4v) is 2.05. The van der Waals surface area contributed by atoms with Crippen LogP contribution in [0, 0.1) is 5.92 Å². The number of nitrogens with one attached hydrogen (secondary N) is 2. The van der Waals surface area contributed by atoms with Crippen LogP contribution in [-0.4, -0.2) is 38.3 Å². The molecule has 1 heterocycles. The van der Waals surface area contributed by atoms with E-state index >= 15 is 0 Å². The average Bonchev–Trinajstić information content (AvgIpc) is 2.37. The second kappa shape index (κ2) is 8.48. The molecule has 1 amide bonds. The Labute approximate surface area is 104 Å². The summed E-state index contributed by atoms with van der Waals surface area (Å²) in [5.74, 6) is 0.725. The van der Waals surface area contributed by atoms with Crippen LogP contribution in [0.15, 0.2) is 0 Å². The highest BCUT2D eigenvalue weighted by Gasteiger charge is 2.15. The lowest BCUT2D eigenvalue weighted by Gasteiger charge is -2.23. The Balaban J connectivity index is 2.06. The zero-order valence-corrected chi connectivity index (χ0v) is 11.1. The minimum atomic E-state index is -0.321. The molecule has 2 atom stereocenters. The topological polar surface area (TPSA) is 50.4 Å². The normalized spacial score (nSPS) is 22.1. The molecule has 0 spiro atoms. The van der Waals surface area contributed by atoms with E-state index in [9.17, 15) is 4.79 Å². The van der Waals surface area contributed by atoms with Crippen LogP contribution in [-0.2, 0) is 9.53 Å². The lowest BCUT2D eigenvalue weighted by Crippen LogP contribution is -2.36. The molecule has 1 fully saturated rings. The highest BCUT2D eigenvalue weighted by molar-refractivity contribution is 5.80. The van der Waals surface area contributed by atoms with E-state index in [1.54, 1.807) is 0 Å². The quantitative estimate of drug-likeness (QED) is 0.707. The SMILES string of the molecule is CCCNC(=O)C(C)OCCC1CCCNC1. The molecule has 17 heavy (non-hydrogen) atoms. The minimum Gasteiger partial charge on any atom is -0.369 e. The van der Waals surface area contributed by atoms with E-state index in [-0.39, 0.29) is 12.0 Å². The monoisotopic (exact) mass is 242 g/mol. The molecule has 1 saturated heterocycles. The van der Waals surface area contributed by atoms with Crippen LogP contribution >= 0.6 is 0 Å². The van der Waals surface area contributed by atoms with E-state index in [0.29, 0.717) is 6.61 Å². The maximum atomic E-state index is 11.5. The Morgan fingerprint density at radius 1 is 1.59 bits per heavy atom. The van der Waals surface area contributed by atoms with Crippen LogP contribution in [0.4, 0.5) is 0 Å². The van der Waals surface area contributed by atoms with Gasteiger partial charge in [-0.05, 0) is 51.6 Å². The van der Waals surface area contributed by atoms with Crippen molar-refractivity contribution in [1.29, 1.82) is 0 Å². The Morgan fingerprint density at radius 2 is 2.41 bits per heavy atom. The average molecular weight is 242 g/mol. The first-order valence-electron chi connectivity index (χ1n) is 6.84. The molecule has 0 aliphatic carbocycles. The predicted octanol–water partition coefficient (Wildman–Crippen LogP) is 1.31. The molecule has 4 nitrogen and oxygen atoms in total. The number of hydrogen-bond donors (Lipinski definition) is 2. The van der Waals surface area contributed by atoms with Gasteiger partial charge in [-0.1, -0.05) is 6.92 Å². The Morgan fingerprint density at radius 3 is 3.06 bits per heavy atom. The summed E-state index contributed by atoms with van der Waals surface area (Å²) < 4.78 is 5.56. The summed E-state index contributed by atoms with van der Waals surface area (Å²) in [6, 6.07) is 0. The van der Waals surface area contributed by atoms with E-state index in [1.807, 2.05) is 13.8 Å². The van der Waals surface area contributed by atoms with E-state index in [4.69, 9.17) is 4.74 Å². The summed E-state index contributed by atoms with van der Waals surface area (Å²) >= 11 is 0. The molecule has 2 unspecified atom stereocenters. The first-order chi connectivity index (χ1) is 8.24. The lowest BCUT2D eigenvalue weighted by molar-refractivity contribution is -0.131. The van der Waals surface area contributed by atoms with Crippen LogP contribution in [0.5, 0.6) is 0 Å².